The van der Waals surface area contributed by atoms with E-state index in [2.05, 4.69) is 15.1 Å². The third-order valence-corrected chi connectivity index (χ3v) is 4.85. The minimum atomic E-state index is -4.45. The van der Waals surface area contributed by atoms with Crippen LogP contribution in [0.5, 0.6) is 0 Å². The first-order valence-corrected chi connectivity index (χ1v) is 8.93. The van der Waals surface area contributed by atoms with E-state index in [9.17, 15) is 18.0 Å². The average molecular weight is 414 g/mol. The van der Waals surface area contributed by atoms with Gasteiger partial charge in [0.1, 0.15) is 5.82 Å². The normalized spacial score (nSPS) is 11.9. The molecule has 3 heterocycles. The van der Waals surface area contributed by atoms with E-state index in [0.29, 0.717) is 28.0 Å². The van der Waals surface area contributed by atoms with Gasteiger partial charge in [0.05, 0.1) is 40.4 Å². The Labute approximate surface area is 168 Å². The molecule has 0 aliphatic heterocycles. The Morgan fingerprint density at radius 1 is 1.17 bits per heavy atom. The number of carbonyl (C=O) groups is 1. The molecule has 1 aromatic carbocycles. The van der Waals surface area contributed by atoms with E-state index < -0.39 is 11.7 Å². The molecule has 0 atom stereocenters. The Morgan fingerprint density at radius 2 is 1.93 bits per heavy atom. The molecule has 1 amide bonds. The summed E-state index contributed by atoms with van der Waals surface area (Å²) < 4.78 is 39.7. The highest BCUT2D eigenvalue weighted by atomic mass is 19.4. The summed E-state index contributed by atoms with van der Waals surface area (Å²) in [4.78, 5) is 22.5. The fourth-order valence-corrected chi connectivity index (χ4v) is 3.31. The number of carbonyl (C=O) groups excluding carboxylic acids is 1. The quantitative estimate of drug-likeness (QED) is 0.555. The summed E-state index contributed by atoms with van der Waals surface area (Å²) in [7, 11) is 3.34. The second-order valence-electron chi connectivity index (χ2n) is 6.96. The third-order valence-electron chi connectivity index (χ3n) is 4.85. The standard InChI is InChI=1S/C20H17F3N6O/c1-28(10-13-5-4-12(8-25-13)20(21,22)23)19(30)11-3-6-16-14(7-11)17-15(18(24)27-16)9-26-29(17)2/h3-9H,10H2,1-2H3,(H2,24,27). The lowest BCUT2D eigenvalue weighted by atomic mass is 10.1. The fourth-order valence-electron chi connectivity index (χ4n) is 3.31. The Bertz CT molecular complexity index is 1260. The van der Waals surface area contributed by atoms with Crippen LogP contribution < -0.4 is 5.73 Å². The number of hydrogen-bond donors (Lipinski definition) is 1. The predicted octanol–water partition coefficient (Wildman–Crippen LogP) is 3.39. The maximum atomic E-state index is 12.9. The Balaban J connectivity index is 1.63. The van der Waals surface area contributed by atoms with Crippen LogP contribution in [-0.2, 0) is 19.8 Å². The van der Waals surface area contributed by atoms with Crippen LogP contribution in [0.25, 0.3) is 21.8 Å². The second-order valence-corrected chi connectivity index (χ2v) is 6.96. The van der Waals surface area contributed by atoms with Crippen molar-refractivity contribution in [3.05, 3.63) is 59.5 Å². The van der Waals surface area contributed by atoms with Gasteiger partial charge < -0.3 is 10.6 Å². The zero-order chi connectivity index (χ0) is 21.6. The summed E-state index contributed by atoms with van der Waals surface area (Å²) in [5, 5.41) is 5.63. The van der Waals surface area contributed by atoms with Gasteiger partial charge in [-0.05, 0) is 30.3 Å². The van der Waals surface area contributed by atoms with Crippen LogP contribution in [-0.4, -0.2) is 37.6 Å². The number of pyridine rings is 2. The topological polar surface area (TPSA) is 89.9 Å². The molecule has 4 rings (SSSR count). The molecule has 0 aliphatic rings. The summed E-state index contributed by atoms with van der Waals surface area (Å²) >= 11 is 0. The van der Waals surface area contributed by atoms with Crippen molar-refractivity contribution in [2.45, 2.75) is 12.7 Å². The van der Waals surface area contributed by atoms with E-state index in [1.54, 1.807) is 43.2 Å². The molecule has 0 aliphatic carbocycles. The molecule has 0 saturated heterocycles. The highest BCUT2D eigenvalue weighted by molar-refractivity contribution is 6.10. The van der Waals surface area contributed by atoms with E-state index >= 15 is 0 Å². The number of rotatable bonds is 3. The van der Waals surface area contributed by atoms with Crippen LogP contribution in [0.3, 0.4) is 0 Å². The van der Waals surface area contributed by atoms with Crippen molar-refractivity contribution in [2.75, 3.05) is 12.8 Å². The van der Waals surface area contributed by atoms with Gasteiger partial charge in [0.15, 0.2) is 0 Å². The number of amides is 1. The van der Waals surface area contributed by atoms with Crippen LogP contribution in [0.15, 0.2) is 42.7 Å². The number of nitrogen functional groups attached to an aromatic ring is 1. The van der Waals surface area contributed by atoms with Crippen LogP contribution in [0, 0.1) is 0 Å². The van der Waals surface area contributed by atoms with Crippen molar-refractivity contribution in [1.82, 2.24) is 24.6 Å². The largest absolute Gasteiger partial charge is 0.417 e. The number of nitrogens with zero attached hydrogens (tertiary/aromatic N) is 5. The van der Waals surface area contributed by atoms with Crippen LogP contribution in [0.2, 0.25) is 0 Å². The molecule has 3 aromatic heterocycles. The smallest absolute Gasteiger partial charge is 0.383 e. The highest BCUT2D eigenvalue weighted by Crippen LogP contribution is 2.29. The lowest BCUT2D eigenvalue weighted by Crippen LogP contribution is -2.26. The second kappa shape index (κ2) is 6.97. The van der Waals surface area contributed by atoms with E-state index in [1.807, 2.05) is 0 Å². The lowest BCUT2D eigenvalue weighted by molar-refractivity contribution is -0.137. The first-order chi connectivity index (χ1) is 14.1. The summed E-state index contributed by atoms with van der Waals surface area (Å²) in [6.07, 6.45) is -2.07. The Hall–Kier alpha value is -3.69. The molecule has 0 radical (unpaired) electrons. The van der Waals surface area contributed by atoms with E-state index in [-0.39, 0.29) is 12.5 Å². The highest BCUT2D eigenvalue weighted by Gasteiger charge is 2.30. The molecule has 2 N–H and O–H groups in total. The van der Waals surface area contributed by atoms with Crippen molar-refractivity contribution in [3.8, 4) is 0 Å². The van der Waals surface area contributed by atoms with Crippen LogP contribution in [0.1, 0.15) is 21.6 Å². The van der Waals surface area contributed by atoms with E-state index in [4.69, 9.17) is 5.73 Å². The van der Waals surface area contributed by atoms with Gasteiger partial charge in [-0.2, -0.15) is 18.3 Å². The van der Waals surface area contributed by atoms with Crippen molar-refractivity contribution in [2.24, 2.45) is 7.05 Å². The lowest BCUT2D eigenvalue weighted by Gasteiger charge is -2.17. The molecule has 0 fully saturated rings. The molecule has 0 bridgehead atoms. The van der Waals surface area contributed by atoms with Gasteiger partial charge in [0, 0.05) is 31.2 Å². The van der Waals surface area contributed by atoms with Gasteiger partial charge in [0.2, 0.25) is 0 Å². The number of hydrogen-bond acceptors (Lipinski definition) is 5. The molecule has 30 heavy (non-hydrogen) atoms. The van der Waals surface area contributed by atoms with Gasteiger partial charge in [-0.25, -0.2) is 4.98 Å². The van der Waals surface area contributed by atoms with Crippen molar-refractivity contribution < 1.29 is 18.0 Å². The van der Waals surface area contributed by atoms with Crippen molar-refractivity contribution in [3.63, 3.8) is 0 Å². The number of halogens is 3. The van der Waals surface area contributed by atoms with Gasteiger partial charge >= 0.3 is 6.18 Å². The molecule has 0 spiro atoms. The molecule has 7 nitrogen and oxygen atoms in total. The molecule has 0 unspecified atom stereocenters. The van der Waals surface area contributed by atoms with Gasteiger partial charge in [-0.15, -0.1) is 0 Å². The van der Waals surface area contributed by atoms with Gasteiger partial charge in [-0.3, -0.25) is 14.5 Å². The molecule has 4 aromatic rings. The number of fused-ring (bicyclic) bond motifs is 3. The zero-order valence-electron chi connectivity index (χ0n) is 16.1. The average Bonchev–Trinajstić information content (AvgIpc) is 3.09. The minimum Gasteiger partial charge on any atom is -0.383 e. The maximum Gasteiger partial charge on any atom is 0.417 e. The first-order valence-electron chi connectivity index (χ1n) is 8.93. The van der Waals surface area contributed by atoms with Gasteiger partial charge in [0.25, 0.3) is 5.91 Å². The third kappa shape index (κ3) is 3.40. The van der Waals surface area contributed by atoms with E-state index in [0.717, 1.165) is 23.2 Å². The molecule has 0 saturated carbocycles. The zero-order valence-corrected chi connectivity index (χ0v) is 16.1. The Kier molecular flexibility index (Phi) is 4.56. The van der Waals surface area contributed by atoms with Crippen LogP contribution in [0.4, 0.5) is 19.0 Å². The summed E-state index contributed by atoms with van der Waals surface area (Å²) in [5.74, 6) is 0.0564. The van der Waals surface area contributed by atoms with Crippen molar-refractivity contribution in [1.29, 1.82) is 0 Å². The van der Waals surface area contributed by atoms with Gasteiger partial charge in [-0.1, -0.05) is 0 Å². The Morgan fingerprint density at radius 3 is 2.60 bits per heavy atom. The SMILES string of the molecule is CN(Cc1ccc(C(F)(F)F)cn1)C(=O)c1ccc2nc(N)c3cnn(C)c3c2c1. The maximum absolute atomic E-state index is 12.9. The number of anilines is 1. The fraction of sp³-hybridized carbons (Fsp3) is 0.200. The molecule has 154 valence electrons. The summed E-state index contributed by atoms with van der Waals surface area (Å²) in [6.45, 7) is 0.0656. The molecule has 10 heteroatoms. The number of aryl methyl sites for hydroxylation is 1. The number of benzene rings is 1. The van der Waals surface area contributed by atoms with E-state index in [1.165, 1.54) is 11.0 Å². The predicted molar refractivity (Wildman–Crippen MR) is 105 cm³/mol. The molecular formula is C20H17F3N6O. The summed E-state index contributed by atoms with van der Waals surface area (Å²) in [5.41, 5.74) is 7.31. The minimum absolute atomic E-state index is 0.0656. The first kappa shape index (κ1) is 19.6. The number of aromatic nitrogens is 4. The summed E-state index contributed by atoms with van der Waals surface area (Å²) in [6, 6.07) is 7.27. The molecular weight excluding hydrogens is 397 g/mol. The monoisotopic (exact) mass is 414 g/mol. The van der Waals surface area contributed by atoms with Crippen molar-refractivity contribution >= 4 is 33.5 Å². The van der Waals surface area contributed by atoms with Crippen LogP contribution >= 0.6 is 0 Å². The number of alkyl halides is 3. The number of nitrogens with two attached hydrogens (primary N) is 1.